The van der Waals surface area contributed by atoms with Gasteiger partial charge < -0.3 is 19.9 Å². The van der Waals surface area contributed by atoms with Gasteiger partial charge in [-0.05, 0) is 23.8 Å². The van der Waals surface area contributed by atoms with E-state index < -0.39 is 0 Å². The molecule has 0 saturated heterocycles. The molecule has 0 aliphatic heterocycles. The van der Waals surface area contributed by atoms with Gasteiger partial charge >= 0.3 is 0 Å². The molecule has 0 atom stereocenters. The molecule has 2 aromatic rings. The summed E-state index contributed by atoms with van der Waals surface area (Å²) >= 11 is 0. The van der Waals surface area contributed by atoms with Crippen LogP contribution in [0.5, 0.6) is 11.5 Å². The predicted molar refractivity (Wildman–Crippen MR) is 59.0 cm³/mol. The molecular formula is C12H13NO3. The van der Waals surface area contributed by atoms with Gasteiger partial charge in [0.05, 0.1) is 12.5 Å². The first-order valence-electron chi connectivity index (χ1n) is 4.98. The summed E-state index contributed by atoms with van der Waals surface area (Å²) in [7, 11) is 0. The molecule has 0 aliphatic carbocycles. The highest BCUT2D eigenvalue weighted by atomic mass is 16.3. The molecular weight excluding hydrogens is 206 g/mol. The Balaban J connectivity index is 1.87. The van der Waals surface area contributed by atoms with Crippen molar-refractivity contribution in [1.82, 2.24) is 5.32 Å². The standard InChI is InChI=1S/C12H13NO3/c14-11-2-1-9(5-12(11)15)6-13-7-10-3-4-16-8-10/h1-5,8,13-15H,6-7H2. The van der Waals surface area contributed by atoms with Crippen LogP contribution in [0.15, 0.2) is 41.2 Å². The molecule has 0 amide bonds. The van der Waals surface area contributed by atoms with Gasteiger partial charge in [-0.25, -0.2) is 0 Å². The Morgan fingerprint density at radius 2 is 1.81 bits per heavy atom. The molecule has 0 spiro atoms. The summed E-state index contributed by atoms with van der Waals surface area (Å²) in [6.45, 7) is 1.33. The van der Waals surface area contributed by atoms with Gasteiger partial charge in [0.15, 0.2) is 11.5 Å². The molecule has 1 aromatic heterocycles. The van der Waals surface area contributed by atoms with Crippen LogP contribution in [0.3, 0.4) is 0 Å². The van der Waals surface area contributed by atoms with E-state index in [1.165, 1.54) is 12.1 Å². The van der Waals surface area contributed by atoms with Crippen molar-refractivity contribution >= 4 is 0 Å². The Hall–Kier alpha value is -1.94. The van der Waals surface area contributed by atoms with Crippen LogP contribution in [0, 0.1) is 0 Å². The van der Waals surface area contributed by atoms with E-state index in [9.17, 15) is 5.11 Å². The quantitative estimate of drug-likeness (QED) is 0.688. The molecule has 0 radical (unpaired) electrons. The van der Waals surface area contributed by atoms with Crippen LogP contribution in [0.2, 0.25) is 0 Å². The maximum atomic E-state index is 9.29. The molecule has 3 N–H and O–H groups in total. The van der Waals surface area contributed by atoms with Crippen molar-refractivity contribution in [3.05, 3.63) is 47.9 Å². The fourth-order valence-corrected chi connectivity index (χ4v) is 1.42. The van der Waals surface area contributed by atoms with E-state index in [2.05, 4.69) is 5.32 Å². The van der Waals surface area contributed by atoms with Gasteiger partial charge in [0.2, 0.25) is 0 Å². The Bertz CT molecular complexity index is 451. The van der Waals surface area contributed by atoms with Crippen LogP contribution in [-0.2, 0) is 13.1 Å². The number of benzene rings is 1. The second-order valence-electron chi connectivity index (χ2n) is 3.56. The van der Waals surface area contributed by atoms with Gasteiger partial charge in [0, 0.05) is 18.7 Å². The molecule has 1 aromatic carbocycles. The Labute approximate surface area is 93.2 Å². The van der Waals surface area contributed by atoms with Crippen LogP contribution in [0.25, 0.3) is 0 Å². The van der Waals surface area contributed by atoms with Crippen molar-refractivity contribution in [3.8, 4) is 11.5 Å². The van der Waals surface area contributed by atoms with Crippen LogP contribution in [0.4, 0.5) is 0 Å². The zero-order valence-electron chi connectivity index (χ0n) is 8.68. The lowest BCUT2D eigenvalue weighted by Crippen LogP contribution is -2.11. The number of nitrogens with one attached hydrogen (secondary N) is 1. The van der Waals surface area contributed by atoms with E-state index in [1.54, 1.807) is 18.6 Å². The van der Waals surface area contributed by atoms with E-state index >= 15 is 0 Å². The van der Waals surface area contributed by atoms with Gasteiger partial charge in [-0.3, -0.25) is 0 Å². The normalized spacial score (nSPS) is 10.5. The summed E-state index contributed by atoms with van der Waals surface area (Å²) in [6.07, 6.45) is 3.31. The molecule has 84 valence electrons. The third-order valence-corrected chi connectivity index (χ3v) is 2.28. The van der Waals surface area contributed by atoms with Gasteiger partial charge in [-0.2, -0.15) is 0 Å². The van der Waals surface area contributed by atoms with E-state index in [-0.39, 0.29) is 11.5 Å². The Morgan fingerprint density at radius 1 is 1.00 bits per heavy atom. The van der Waals surface area contributed by atoms with E-state index in [1.807, 2.05) is 6.07 Å². The van der Waals surface area contributed by atoms with Crippen molar-refractivity contribution in [2.24, 2.45) is 0 Å². The van der Waals surface area contributed by atoms with Crippen molar-refractivity contribution in [3.63, 3.8) is 0 Å². The molecule has 0 saturated carbocycles. The molecule has 0 aliphatic rings. The second-order valence-corrected chi connectivity index (χ2v) is 3.56. The monoisotopic (exact) mass is 219 g/mol. The SMILES string of the molecule is Oc1ccc(CNCc2ccoc2)cc1O. The third kappa shape index (κ3) is 2.55. The van der Waals surface area contributed by atoms with Crippen LogP contribution < -0.4 is 5.32 Å². The lowest BCUT2D eigenvalue weighted by molar-refractivity contribution is 0.403. The van der Waals surface area contributed by atoms with Crippen LogP contribution in [0.1, 0.15) is 11.1 Å². The maximum Gasteiger partial charge on any atom is 0.157 e. The number of rotatable bonds is 4. The number of hydrogen-bond donors (Lipinski definition) is 3. The number of phenolic OH excluding ortho intramolecular Hbond substituents is 2. The smallest absolute Gasteiger partial charge is 0.157 e. The molecule has 4 nitrogen and oxygen atoms in total. The zero-order valence-corrected chi connectivity index (χ0v) is 8.68. The summed E-state index contributed by atoms with van der Waals surface area (Å²) < 4.78 is 4.94. The van der Waals surface area contributed by atoms with Gasteiger partial charge in [-0.15, -0.1) is 0 Å². The van der Waals surface area contributed by atoms with Gasteiger partial charge in [0.25, 0.3) is 0 Å². The summed E-state index contributed by atoms with van der Waals surface area (Å²) in [6, 6.07) is 6.67. The van der Waals surface area contributed by atoms with Crippen molar-refractivity contribution in [2.45, 2.75) is 13.1 Å². The van der Waals surface area contributed by atoms with Gasteiger partial charge in [-0.1, -0.05) is 6.07 Å². The fraction of sp³-hybridized carbons (Fsp3) is 0.167. The summed E-state index contributed by atoms with van der Waals surface area (Å²) in [4.78, 5) is 0. The minimum absolute atomic E-state index is 0.0948. The van der Waals surface area contributed by atoms with E-state index in [4.69, 9.17) is 9.52 Å². The summed E-state index contributed by atoms with van der Waals surface area (Å²) in [5.74, 6) is -0.193. The molecule has 1 heterocycles. The maximum absolute atomic E-state index is 9.29. The number of hydrogen-bond acceptors (Lipinski definition) is 4. The summed E-state index contributed by atoms with van der Waals surface area (Å²) in [5.41, 5.74) is 1.99. The first-order chi connectivity index (χ1) is 7.75. The second kappa shape index (κ2) is 4.72. The van der Waals surface area contributed by atoms with Gasteiger partial charge in [0.1, 0.15) is 0 Å². The van der Waals surface area contributed by atoms with E-state index in [0.29, 0.717) is 13.1 Å². The lowest BCUT2D eigenvalue weighted by atomic mass is 10.2. The highest BCUT2D eigenvalue weighted by Crippen LogP contribution is 2.24. The number of furan rings is 1. The fourth-order valence-electron chi connectivity index (χ4n) is 1.42. The lowest BCUT2D eigenvalue weighted by Gasteiger charge is -2.04. The molecule has 0 unspecified atom stereocenters. The Morgan fingerprint density at radius 3 is 2.50 bits per heavy atom. The largest absolute Gasteiger partial charge is 0.504 e. The predicted octanol–water partition coefficient (Wildman–Crippen LogP) is 1.98. The third-order valence-electron chi connectivity index (χ3n) is 2.28. The van der Waals surface area contributed by atoms with Crippen molar-refractivity contribution in [1.29, 1.82) is 0 Å². The highest BCUT2D eigenvalue weighted by Gasteiger charge is 2.00. The molecule has 4 heteroatoms. The Kier molecular flexibility index (Phi) is 3.12. The first kappa shape index (κ1) is 10.6. The first-order valence-corrected chi connectivity index (χ1v) is 4.98. The zero-order chi connectivity index (χ0) is 11.4. The molecule has 2 rings (SSSR count). The molecule has 16 heavy (non-hydrogen) atoms. The average Bonchev–Trinajstić information content (AvgIpc) is 2.76. The number of phenols is 2. The molecule has 0 fully saturated rings. The molecule has 0 bridgehead atoms. The van der Waals surface area contributed by atoms with Crippen LogP contribution in [-0.4, -0.2) is 10.2 Å². The minimum atomic E-state index is -0.0985. The van der Waals surface area contributed by atoms with Crippen molar-refractivity contribution in [2.75, 3.05) is 0 Å². The summed E-state index contributed by atoms with van der Waals surface area (Å²) in [5, 5.41) is 21.6. The topological polar surface area (TPSA) is 65.6 Å². The van der Waals surface area contributed by atoms with E-state index in [0.717, 1.165) is 11.1 Å². The average molecular weight is 219 g/mol. The minimum Gasteiger partial charge on any atom is -0.504 e. The van der Waals surface area contributed by atoms with Crippen LogP contribution >= 0.6 is 0 Å². The van der Waals surface area contributed by atoms with Crippen molar-refractivity contribution < 1.29 is 14.6 Å². The number of aromatic hydroxyl groups is 2. The highest BCUT2D eigenvalue weighted by molar-refractivity contribution is 5.40.